The van der Waals surface area contributed by atoms with Crippen LogP contribution in [0, 0.1) is 0 Å². The van der Waals surface area contributed by atoms with E-state index in [0.29, 0.717) is 23.9 Å². The highest BCUT2D eigenvalue weighted by molar-refractivity contribution is 7.85. The quantitative estimate of drug-likeness (QED) is 0.178. The summed E-state index contributed by atoms with van der Waals surface area (Å²) < 4.78 is 35.2. The van der Waals surface area contributed by atoms with Gasteiger partial charge in [-0.1, -0.05) is 6.58 Å². The van der Waals surface area contributed by atoms with E-state index in [0.717, 1.165) is 6.08 Å². The molecule has 0 bridgehead atoms. The average Bonchev–Trinajstić information content (AvgIpc) is 2.23. The Bertz CT molecular complexity index is 388. The van der Waals surface area contributed by atoms with Crippen LogP contribution in [0.15, 0.2) is 12.7 Å². The van der Waals surface area contributed by atoms with E-state index in [2.05, 4.69) is 6.58 Å². The van der Waals surface area contributed by atoms with Gasteiger partial charge in [0.1, 0.15) is 0 Å². The number of hydrogen-bond acceptors (Lipinski definition) is 4. The number of carbonyl (C=O) groups is 1. The van der Waals surface area contributed by atoms with Gasteiger partial charge in [0.2, 0.25) is 6.23 Å². The van der Waals surface area contributed by atoms with Crippen molar-refractivity contribution in [3.63, 3.8) is 0 Å². The minimum Gasteiger partial charge on any atom is -0.410 e. The lowest BCUT2D eigenvalue weighted by Gasteiger charge is -2.34. The van der Waals surface area contributed by atoms with Crippen LogP contribution in [-0.4, -0.2) is 56.0 Å². The summed E-state index contributed by atoms with van der Waals surface area (Å²) >= 11 is 0. The first-order chi connectivity index (χ1) is 8.08. The Kier molecular flexibility index (Phi) is 6.51. The molecule has 0 aliphatic carbocycles. The maximum atomic E-state index is 11.1. The Balaban J connectivity index is 4.13. The smallest absolute Gasteiger partial charge is 0.334 e. The zero-order valence-electron chi connectivity index (χ0n) is 11.1. The van der Waals surface area contributed by atoms with Gasteiger partial charge in [-0.2, -0.15) is 8.42 Å². The van der Waals surface area contributed by atoms with Crippen molar-refractivity contribution in [1.29, 1.82) is 0 Å². The van der Waals surface area contributed by atoms with Gasteiger partial charge in [0.25, 0.3) is 10.1 Å². The molecular formula is C11H22NO5S+. The largest absolute Gasteiger partial charge is 0.410 e. The van der Waals surface area contributed by atoms with Gasteiger partial charge in [-0.05, 0) is 12.8 Å². The van der Waals surface area contributed by atoms with Crippen LogP contribution in [-0.2, 0) is 19.6 Å². The van der Waals surface area contributed by atoms with Crippen molar-refractivity contribution in [2.24, 2.45) is 0 Å². The summed E-state index contributed by atoms with van der Waals surface area (Å²) in [5, 5.41) is 0. The third-order valence-electron chi connectivity index (χ3n) is 2.82. The fourth-order valence-corrected chi connectivity index (χ4v) is 1.91. The van der Waals surface area contributed by atoms with Gasteiger partial charge in [0.15, 0.2) is 0 Å². The van der Waals surface area contributed by atoms with Gasteiger partial charge in [-0.25, -0.2) is 4.79 Å². The molecule has 0 radical (unpaired) electrons. The van der Waals surface area contributed by atoms with Crippen LogP contribution in [0.2, 0.25) is 0 Å². The minimum absolute atomic E-state index is 0.242. The average molecular weight is 280 g/mol. The first kappa shape index (κ1) is 17.1. The first-order valence-corrected chi connectivity index (χ1v) is 7.30. The molecule has 0 aromatic rings. The van der Waals surface area contributed by atoms with Crippen molar-refractivity contribution >= 4 is 16.1 Å². The molecular weight excluding hydrogens is 258 g/mol. The lowest BCUT2D eigenvalue weighted by Crippen LogP contribution is -2.49. The maximum Gasteiger partial charge on any atom is 0.334 e. The van der Waals surface area contributed by atoms with Gasteiger partial charge in [-0.3, -0.25) is 9.04 Å². The van der Waals surface area contributed by atoms with E-state index in [9.17, 15) is 13.2 Å². The molecule has 0 rings (SSSR count). The van der Waals surface area contributed by atoms with E-state index < -0.39 is 16.1 Å². The molecule has 0 saturated carbocycles. The summed E-state index contributed by atoms with van der Waals surface area (Å²) in [4.78, 5) is 11.1. The molecule has 0 fully saturated rings. The van der Waals surface area contributed by atoms with Crippen LogP contribution in [0.3, 0.4) is 0 Å². The summed E-state index contributed by atoms with van der Waals surface area (Å²) in [5.74, 6) is -0.722. The number of carbonyl (C=O) groups excluding carboxylic acids is 1. The van der Waals surface area contributed by atoms with Gasteiger partial charge in [0, 0.05) is 13.0 Å². The van der Waals surface area contributed by atoms with Gasteiger partial charge in [-0.15, -0.1) is 0 Å². The second-order valence-electron chi connectivity index (χ2n) is 4.74. The SMILES string of the molecule is C=CC(=O)OC(C)[N+](C)(C)CCCCS(=O)(=O)O. The summed E-state index contributed by atoms with van der Waals surface area (Å²) in [7, 11) is -0.124. The molecule has 0 aromatic heterocycles. The molecule has 0 aliphatic heterocycles. The molecule has 1 N–H and O–H groups in total. The topological polar surface area (TPSA) is 80.7 Å². The molecule has 18 heavy (non-hydrogen) atoms. The van der Waals surface area contributed by atoms with Crippen molar-refractivity contribution in [3.8, 4) is 0 Å². The third-order valence-corrected chi connectivity index (χ3v) is 3.63. The zero-order valence-corrected chi connectivity index (χ0v) is 11.9. The number of esters is 1. The standard InChI is InChI=1S/C11H21NO5S/c1-5-11(13)17-10(2)12(3,4)8-6-7-9-18(14,15)16/h5,10H,1,6-9H2,2-4H3/p+1. The molecule has 0 saturated heterocycles. The summed E-state index contributed by atoms with van der Waals surface area (Å²) in [6.07, 6.45) is 1.75. The molecule has 1 unspecified atom stereocenters. The number of unbranched alkanes of at least 4 members (excludes halogenated alkanes) is 1. The maximum absolute atomic E-state index is 11.1. The van der Waals surface area contributed by atoms with Crippen LogP contribution in [0.4, 0.5) is 0 Å². The monoisotopic (exact) mass is 280 g/mol. The summed E-state index contributed by atoms with van der Waals surface area (Å²) in [6.45, 7) is 5.73. The highest BCUT2D eigenvalue weighted by Gasteiger charge is 2.26. The molecule has 0 heterocycles. The van der Waals surface area contributed by atoms with Crippen LogP contribution < -0.4 is 0 Å². The van der Waals surface area contributed by atoms with Crippen LogP contribution in [0.25, 0.3) is 0 Å². The Morgan fingerprint density at radius 1 is 1.44 bits per heavy atom. The molecule has 106 valence electrons. The predicted molar refractivity (Wildman–Crippen MR) is 68.4 cm³/mol. The number of nitrogens with zero attached hydrogens (tertiary/aromatic N) is 1. The first-order valence-electron chi connectivity index (χ1n) is 5.69. The highest BCUT2D eigenvalue weighted by Crippen LogP contribution is 2.11. The van der Waals surface area contributed by atoms with E-state index in [4.69, 9.17) is 9.29 Å². The highest BCUT2D eigenvalue weighted by atomic mass is 32.2. The predicted octanol–water partition coefficient (Wildman–Crippen LogP) is 0.806. The molecule has 7 heteroatoms. The fourth-order valence-electron chi connectivity index (χ4n) is 1.34. The van der Waals surface area contributed by atoms with Crippen molar-refractivity contribution < 1.29 is 27.0 Å². The Morgan fingerprint density at radius 3 is 2.44 bits per heavy atom. The Hall–Kier alpha value is -0.920. The molecule has 1 atom stereocenters. The molecule has 6 nitrogen and oxygen atoms in total. The Morgan fingerprint density at radius 2 is 2.00 bits per heavy atom. The summed E-state index contributed by atoms with van der Waals surface area (Å²) in [6, 6.07) is 0. The minimum atomic E-state index is -3.89. The molecule has 0 aromatic carbocycles. The van der Waals surface area contributed by atoms with Gasteiger partial charge >= 0.3 is 5.97 Å². The second kappa shape index (κ2) is 6.86. The van der Waals surface area contributed by atoms with Gasteiger partial charge in [0.05, 0.1) is 26.4 Å². The van der Waals surface area contributed by atoms with Crippen LogP contribution >= 0.6 is 0 Å². The molecule has 0 spiro atoms. The lowest BCUT2D eigenvalue weighted by molar-refractivity contribution is -0.932. The van der Waals surface area contributed by atoms with E-state index >= 15 is 0 Å². The van der Waals surface area contributed by atoms with Crippen LogP contribution in [0.1, 0.15) is 19.8 Å². The van der Waals surface area contributed by atoms with Crippen molar-refractivity contribution in [2.75, 3.05) is 26.4 Å². The van der Waals surface area contributed by atoms with E-state index in [1.807, 2.05) is 14.1 Å². The third kappa shape index (κ3) is 7.41. The number of quaternary nitrogens is 1. The van der Waals surface area contributed by atoms with E-state index in [-0.39, 0.29) is 12.0 Å². The summed E-state index contributed by atoms with van der Waals surface area (Å²) in [5.41, 5.74) is 0. The van der Waals surface area contributed by atoms with Gasteiger partial charge < -0.3 is 4.74 Å². The zero-order chi connectivity index (χ0) is 14.4. The van der Waals surface area contributed by atoms with Crippen LogP contribution in [0.5, 0.6) is 0 Å². The van der Waals surface area contributed by atoms with Crippen molar-refractivity contribution in [3.05, 3.63) is 12.7 Å². The Labute approximate surface area is 109 Å². The number of rotatable bonds is 8. The normalized spacial score (nSPS) is 14.0. The van der Waals surface area contributed by atoms with Crippen molar-refractivity contribution in [2.45, 2.75) is 26.0 Å². The lowest BCUT2D eigenvalue weighted by atomic mass is 10.3. The van der Waals surface area contributed by atoms with E-state index in [1.54, 1.807) is 6.92 Å². The number of ether oxygens (including phenoxy) is 1. The molecule has 0 amide bonds. The fraction of sp³-hybridized carbons (Fsp3) is 0.727. The second-order valence-corrected chi connectivity index (χ2v) is 6.31. The van der Waals surface area contributed by atoms with Crippen molar-refractivity contribution in [1.82, 2.24) is 0 Å². The number of hydrogen-bond donors (Lipinski definition) is 1. The van der Waals surface area contributed by atoms with E-state index in [1.165, 1.54) is 0 Å². The molecule has 0 aliphatic rings.